The molecule has 0 atom stereocenters. The Morgan fingerprint density at radius 1 is 0.875 bits per heavy atom. The van der Waals surface area contributed by atoms with Gasteiger partial charge in [-0.05, 0) is 86.5 Å². The third kappa shape index (κ3) is 5.13. The van der Waals surface area contributed by atoms with Crippen LogP contribution in [0.2, 0.25) is 10.0 Å². The van der Waals surface area contributed by atoms with Gasteiger partial charge < -0.3 is 9.30 Å². The lowest BCUT2D eigenvalue weighted by Crippen LogP contribution is -2.54. The summed E-state index contributed by atoms with van der Waals surface area (Å²) in [5.41, 5.74) is 4.89. The average molecular weight is 574 g/mol. The number of carbonyl (C=O) groups excluding carboxylic acids is 3. The highest BCUT2D eigenvalue weighted by Gasteiger charge is 2.37. The quantitative estimate of drug-likeness (QED) is 0.200. The van der Waals surface area contributed by atoms with Gasteiger partial charge in [-0.1, -0.05) is 47.5 Å². The maximum Gasteiger partial charge on any atom is 0.335 e. The number of benzene rings is 3. The van der Waals surface area contributed by atoms with Gasteiger partial charge in [0.1, 0.15) is 17.9 Å². The van der Waals surface area contributed by atoms with E-state index < -0.39 is 17.8 Å². The number of hydrogen-bond donors (Lipinski definition) is 1. The van der Waals surface area contributed by atoms with Crippen molar-refractivity contribution in [2.24, 2.45) is 0 Å². The number of aromatic nitrogens is 1. The second-order valence-electron chi connectivity index (χ2n) is 9.38. The van der Waals surface area contributed by atoms with E-state index in [9.17, 15) is 14.4 Å². The van der Waals surface area contributed by atoms with Crippen molar-refractivity contribution in [3.05, 3.63) is 116 Å². The summed E-state index contributed by atoms with van der Waals surface area (Å²) in [4.78, 5) is 39.7. The van der Waals surface area contributed by atoms with Gasteiger partial charge in [-0.3, -0.25) is 14.9 Å². The third-order valence-electron chi connectivity index (χ3n) is 6.80. The summed E-state index contributed by atoms with van der Waals surface area (Å²) in [5.74, 6) is -0.779. The summed E-state index contributed by atoms with van der Waals surface area (Å²) in [6, 6.07) is 21.1. The van der Waals surface area contributed by atoms with Crippen LogP contribution in [0.15, 0.2) is 78.4 Å². The molecule has 9 heteroatoms. The highest BCUT2D eigenvalue weighted by molar-refractivity contribution is 6.40. The Labute approximate surface area is 241 Å². The van der Waals surface area contributed by atoms with Crippen LogP contribution >= 0.6 is 23.2 Å². The monoisotopic (exact) mass is 573 g/mol. The van der Waals surface area contributed by atoms with Gasteiger partial charge in [-0.25, -0.2) is 9.69 Å². The van der Waals surface area contributed by atoms with Gasteiger partial charge in [-0.2, -0.15) is 0 Å². The number of halogens is 2. The number of nitrogens with one attached hydrogen (secondary N) is 1. The number of ether oxygens (including phenoxy) is 1. The van der Waals surface area contributed by atoms with Crippen LogP contribution in [0.4, 0.5) is 10.5 Å². The Hall–Kier alpha value is -4.33. The van der Waals surface area contributed by atoms with Crippen molar-refractivity contribution in [2.75, 3.05) is 4.90 Å². The molecule has 0 spiro atoms. The SMILES string of the molecule is Cc1c(Cl)cccc1N1C(=O)NC(=O)/C(=C\c2cc(C)n(-c3ccc(OCc4ccccc4Cl)cc3)c2C)C1=O. The molecular formula is C31H25Cl2N3O4. The van der Waals surface area contributed by atoms with E-state index in [1.165, 1.54) is 6.08 Å². The second-order valence-corrected chi connectivity index (χ2v) is 10.2. The van der Waals surface area contributed by atoms with Crippen LogP contribution in [-0.2, 0) is 16.2 Å². The minimum absolute atomic E-state index is 0.150. The van der Waals surface area contributed by atoms with Crippen molar-refractivity contribution in [1.82, 2.24) is 9.88 Å². The van der Waals surface area contributed by atoms with E-state index in [1.807, 2.05) is 73.0 Å². The molecule has 1 N–H and O–H groups in total. The molecule has 5 rings (SSSR count). The van der Waals surface area contributed by atoms with Crippen LogP contribution in [-0.4, -0.2) is 22.4 Å². The van der Waals surface area contributed by atoms with Crippen molar-refractivity contribution in [1.29, 1.82) is 0 Å². The number of urea groups is 1. The molecule has 1 aliphatic heterocycles. The molecule has 0 unspecified atom stereocenters. The standard InChI is InChI=1S/C31H25Cl2N3O4/c1-18-15-22(16-25-29(37)34-31(39)36(30(25)38)28-10-6-9-26(32)19(28)2)20(3)35(18)23-11-13-24(14-12-23)40-17-21-7-4-5-8-27(21)33/h4-16H,17H2,1-3H3,(H,34,37,39)/b25-16+. The number of aryl methyl sites for hydroxylation is 1. The molecule has 4 amide bonds. The molecule has 1 aromatic heterocycles. The molecule has 0 aliphatic carbocycles. The molecule has 0 saturated carbocycles. The van der Waals surface area contributed by atoms with Crippen LogP contribution in [0.1, 0.15) is 28.1 Å². The molecule has 1 aliphatic rings. The van der Waals surface area contributed by atoms with Gasteiger partial charge in [0.25, 0.3) is 11.8 Å². The lowest BCUT2D eigenvalue weighted by atomic mass is 10.1. The molecule has 1 fully saturated rings. The third-order valence-corrected chi connectivity index (χ3v) is 7.58. The van der Waals surface area contributed by atoms with E-state index in [0.29, 0.717) is 39.2 Å². The van der Waals surface area contributed by atoms with Crippen molar-refractivity contribution in [3.8, 4) is 11.4 Å². The Kier molecular flexibility index (Phi) is 7.52. The van der Waals surface area contributed by atoms with Crippen LogP contribution < -0.4 is 15.0 Å². The zero-order valence-electron chi connectivity index (χ0n) is 22.0. The molecule has 4 aromatic rings. The Balaban J connectivity index is 1.42. The molecule has 202 valence electrons. The molecule has 7 nitrogen and oxygen atoms in total. The van der Waals surface area contributed by atoms with Gasteiger partial charge in [0.2, 0.25) is 0 Å². The van der Waals surface area contributed by atoms with E-state index in [-0.39, 0.29) is 5.57 Å². The normalized spacial score (nSPS) is 14.6. The topological polar surface area (TPSA) is 80.6 Å². The number of barbiturate groups is 1. The minimum Gasteiger partial charge on any atom is -0.489 e. The van der Waals surface area contributed by atoms with Gasteiger partial charge in [0.05, 0.1) is 5.69 Å². The summed E-state index contributed by atoms with van der Waals surface area (Å²) in [5, 5.41) is 3.33. The number of rotatable bonds is 6. The molecular weight excluding hydrogens is 549 g/mol. The molecule has 2 heterocycles. The molecule has 0 radical (unpaired) electrons. The van der Waals surface area contributed by atoms with Crippen LogP contribution in [0.3, 0.4) is 0 Å². The van der Waals surface area contributed by atoms with E-state index in [4.69, 9.17) is 27.9 Å². The van der Waals surface area contributed by atoms with Crippen molar-refractivity contribution in [2.45, 2.75) is 27.4 Å². The van der Waals surface area contributed by atoms with Crippen LogP contribution in [0.5, 0.6) is 5.75 Å². The highest BCUT2D eigenvalue weighted by atomic mass is 35.5. The first kappa shape index (κ1) is 27.2. The zero-order valence-corrected chi connectivity index (χ0v) is 23.5. The first-order valence-electron chi connectivity index (χ1n) is 12.5. The number of hydrogen-bond acceptors (Lipinski definition) is 4. The minimum atomic E-state index is -0.820. The average Bonchev–Trinajstić information content (AvgIpc) is 3.21. The highest BCUT2D eigenvalue weighted by Crippen LogP contribution is 2.31. The smallest absolute Gasteiger partial charge is 0.335 e. The number of imide groups is 2. The van der Waals surface area contributed by atoms with Gasteiger partial charge in [-0.15, -0.1) is 0 Å². The fraction of sp³-hybridized carbons (Fsp3) is 0.129. The summed E-state index contributed by atoms with van der Waals surface area (Å²) >= 11 is 12.4. The van der Waals surface area contributed by atoms with Gasteiger partial charge >= 0.3 is 6.03 Å². The Morgan fingerprint density at radius 2 is 1.57 bits per heavy atom. The first-order valence-corrected chi connectivity index (χ1v) is 13.2. The number of anilines is 1. The van der Waals surface area contributed by atoms with Crippen molar-refractivity contribution in [3.63, 3.8) is 0 Å². The number of amides is 4. The number of nitrogens with zero attached hydrogens (tertiary/aromatic N) is 2. The lowest BCUT2D eigenvalue weighted by molar-refractivity contribution is -0.122. The van der Waals surface area contributed by atoms with Crippen LogP contribution in [0, 0.1) is 20.8 Å². The summed E-state index contributed by atoms with van der Waals surface area (Å²) < 4.78 is 7.91. The Morgan fingerprint density at radius 3 is 2.30 bits per heavy atom. The zero-order chi connectivity index (χ0) is 28.6. The summed E-state index contributed by atoms with van der Waals surface area (Å²) in [7, 11) is 0. The fourth-order valence-corrected chi connectivity index (χ4v) is 5.03. The van der Waals surface area contributed by atoms with E-state index in [0.717, 1.165) is 27.5 Å². The molecule has 0 bridgehead atoms. The predicted molar refractivity (Wildman–Crippen MR) is 156 cm³/mol. The summed E-state index contributed by atoms with van der Waals surface area (Å²) in [6.45, 7) is 5.89. The Bertz CT molecular complexity index is 1690. The molecule has 3 aromatic carbocycles. The van der Waals surface area contributed by atoms with Crippen molar-refractivity contribution < 1.29 is 19.1 Å². The van der Waals surface area contributed by atoms with E-state index in [2.05, 4.69) is 5.32 Å². The predicted octanol–water partition coefficient (Wildman–Crippen LogP) is 6.95. The lowest BCUT2D eigenvalue weighted by Gasteiger charge is -2.27. The number of carbonyl (C=O) groups is 3. The van der Waals surface area contributed by atoms with Crippen molar-refractivity contribution >= 4 is 52.8 Å². The maximum atomic E-state index is 13.4. The maximum absolute atomic E-state index is 13.4. The van der Waals surface area contributed by atoms with Gasteiger partial charge in [0, 0.05) is 32.7 Å². The largest absolute Gasteiger partial charge is 0.489 e. The first-order chi connectivity index (χ1) is 19.2. The van der Waals surface area contributed by atoms with E-state index in [1.54, 1.807) is 25.1 Å². The van der Waals surface area contributed by atoms with E-state index >= 15 is 0 Å². The van der Waals surface area contributed by atoms with Gasteiger partial charge in [0.15, 0.2) is 0 Å². The second kappa shape index (κ2) is 11.0. The summed E-state index contributed by atoms with van der Waals surface area (Å²) in [6.07, 6.45) is 1.51. The molecule has 1 saturated heterocycles. The van der Waals surface area contributed by atoms with Crippen LogP contribution in [0.25, 0.3) is 11.8 Å². The fourth-order valence-electron chi connectivity index (χ4n) is 4.67. The molecule has 40 heavy (non-hydrogen) atoms.